The van der Waals surface area contributed by atoms with Crippen molar-refractivity contribution in [3.63, 3.8) is 0 Å². The number of hydrogen-bond acceptors (Lipinski definition) is 3. The van der Waals surface area contributed by atoms with Gasteiger partial charge in [-0.2, -0.15) is 0 Å². The molecule has 0 radical (unpaired) electrons. The van der Waals surface area contributed by atoms with Gasteiger partial charge in [-0.05, 0) is 32.3 Å². The van der Waals surface area contributed by atoms with Gasteiger partial charge in [0.25, 0.3) is 0 Å². The van der Waals surface area contributed by atoms with Gasteiger partial charge in [-0.1, -0.05) is 18.2 Å². The number of amides is 1. The van der Waals surface area contributed by atoms with E-state index >= 15 is 0 Å². The zero-order valence-corrected chi connectivity index (χ0v) is 11.2. The summed E-state index contributed by atoms with van der Waals surface area (Å²) >= 11 is 0. The predicted molar refractivity (Wildman–Crippen MR) is 73.1 cm³/mol. The molecule has 2 aliphatic heterocycles. The number of fused-ring (bicyclic) bond motifs is 1. The molecular formula is C15H20N2O2. The first-order valence-electron chi connectivity index (χ1n) is 7.02. The molecule has 19 heavy (non-hydrogen) atoms. The van der Waals surface area contributed by atoms with E-state index in [1.54, 1.807) is 0 Å². The average molecular weight is 260 g/mol. The van der Waals surface area contributed by atoms with E-state index in [1.165, 1.54) is 0 Å². The van der Waals surface area contributed by atoms with Gasteiger partial charge >= 0.3 is 0 Å². The zero-order chi connectivity index (χ0) is 13.2. The summed E-state index contributed by atoms with van der Waals surface area (Å²) < 4.78 is 5.59. The summed E-state index contributed by atoms with van der Waals surface area (Å²) in [7, 11) is 0. The molecule has 4 nitrogen and oxygen atoms in total. The van der Waals surface area contributed by atoms with Crippen molar-refractivity contribution in [2.24, 2.45) is 0 Å². The third-order valence-electron chi connectivity index (χ3n) is 3.95. The highest BCUT2D eigenvalue weighted by Gasteiger charge is 2.29. The van der Waals surface area contributed by atoms with Gasteiger partial charge < -0.3 is 15.4 Å². The Bertz CT molecular complexity index is 475. The number of benzene rings is 1. The van der Waals surface area contributed by atoms with Crippen molar-refractivity contribution in [3.05, 3.63) is 29.8 Å². The maximum absolute atomic E-state index is 12.3. The third kappa shape index (κ3) is 2.59. The van der Waals surface area contributed by atoms with Crippen LogP contribution < -0.4 is 15.4 Å². The highest BCUT2D eigenvalue weighted by molar-refractivity contribution is 5.82. The number of rotatable bonds is 2. The van der Waals surface area contributed by atoms with E-state index in [9.17, 15) is 4.79 Å². The SMILES string of the molecule is CC1CCCC(C(=O)NC2COc3ccccc32)N1. The second kappa shape index (κ2) is 5.21. The van der Waals surface area contributed by atoms with Crippen LogP contribution in [0.4, 0.5) is 0 Å². The maximum atomic E-state index is 12.3. The minimum Gasteiger partial charge on any atom is -0.491 e. The molecule has 4 heteroatoms. The Balaban J connectivity index is 1.64. The van der Waals surface area contributed by atoms with Gasteiger partial charge in [0.15, 0.2) is 0 Å². The smallest absolute Gasteiger partial charge is 0.237 e. The second-order valence-electron chi connectivity index (χ2n) is 5.46. The topological polar surface area (TPSA) is 50.4 Å². The molecule has 3 atom stereocenters. The van der Waals surface area contributed by atoms with E-state index in [2.05, 4.69) is 17.6 Å². The zero-order valence-electron chi connectivity index (χ0n) is 11.2. The molecule has 2 N–H and O–H groups in total. The summed E-state index contributed by atoms with van der Waals surface area (Å²) in [6.45, 7) is 2.67. The van der Waals surface area contributed by atoms with Crippen LogP contribution in [0, 0.1) is 0 Å². The lowest BCUT2D eigenvalue weighted by molar-refractivity contribution is -0.124. The average Bonchev–Trinajstić information content (AvgIpc) is 2.82. The molecule has 0 saturated carbocycles. The molecule has 0 aromatic heterocycles. The molecule has 1 saturated heterocycles. The van der Waals surface area contributed by atoms with Crippen LogP contribution >= 0.6 is 0 Å². The van der Waals surface area contributed by atoms with Gasteiger partial charge in [0.05, 0.1) is 12.1 Å². The van der Waals surface area contributed by atoms with Crippen LogP contribution in [0.1, 0.15) is 37.8 Å². The molecule has 102 valence electrons. The van der Waals surface area contributed by atoms with Gasteiger partial charge in [0.1, 0.15) is 12.4 Å². The van der Waals surface area contributed by atoms with Gasteiger partial charge in [0.2, 0.25) is 5.91 Å². The Hall–Kier alpha value is -1.55. The van der Waals surface area contributed by atoms with Crippen molar-refractivity contribution >= 4 is 5.91 Å². The Labute approximate surface area is 113 Å². The number of ether oxygens (including phenoxy) is 1. The van der Waals surface area contributed by atoms with E-state index in [0.29, 0.717) is 12.6 Å². The summed E-state index contributed by atoms with van der Waals surface area (Å²) in [5, 5.41) is 6.46. The Morgan fingerprint density at radius 2 is 2.21 bits per heavy atom. The lowest BCUT2D eigenvalue weighted by Gasteiger charge is -2.28. The summed E-state index contributed by atoms with van der Waals surface area (Å²) in [5.74, 6) is 0.981. The van der Waals surface area contributed by atoms with Crippen LogP contribution in [0.3, 0.4) is 0 Å². The monoisotopic (exact) mass is 260 g/mol. The van der Waals surface area contributed by atoms with E-state index in [-0.39, 0.29) is 18.0 Å². The van der Waals surface area contributed by atoms with E-state index in [0.717, 1.165) is 30.6 Å². The first-order chi connectivity index (χ1) is 9.24. The minimum atomic E-state index is -0.0588. The van der Waals surface area contributed by atoms with E-state index in [1.807, 2.05) is 24.3 Å². The molecule has 1 aromatic rings. The van der Waals surface area contributed by atoms with Crippen molar-refractivity contribution in [3.8, 4) is 5.75 Å². The Morgan fingerprint density at radius 3 is 3.05 bits per heavy atom. The van der Waals surface area contributed by atoms with Crippen molar-refractivity contribution < 1.29 is 9.53 Å². The summed E-state index contributed by atoms with van der Waals surface area (Å²) in [6.07, 6.45) is 3.19. The molecule has 2 heterocycles. The predicted octanol–water partition coefficient (Wildman–Crippen LogP) is 1.77. The quantitative estimate of drug-likeness (QED) is 0.852. The van der Waals surface area contributed by atoms with Crippen LogP contribution in [0.2, 0.25) is 0 Å². The van der Waals surface area contributed by atoms with Crippen molar-refractivity contribution in [1.29, 1.82) is 0 Å². The largest absolute Gasteiger partial charge is 0.491 e. The van der Waals surface area contributed by atoms with E-state index in [4.69, 9.17) is 4.74 Å². The molecule has 0 bridgehead atoms. The Kier molecular flexibility index (Phi) is 3.42. The standard InChI is InChI=1S/C15H20N2O2/c1-10-5-4-7-12(16-10)15(18)17-13-9-19-14-8-3-2-6-11(13)14/h2-3,6,8,10,12-13,16H,4-5,7,9H2,1H3,(H,17,18). The lowest BCUT2D eigenvalue weighted by Crippen LogP contribution is -2.50. The fraction of sp³-hybridized carbons (Fsp3) is 0.533. The summed E-state index contributed by atoms with van der Waals surface area (Å²) in [4.78, 5) is 12.3. The second-order valence-corrected chi connectivity index (χ2v) is 5.46. The van der Waals surface area contributed by atoms with Crippen LogP contribution in [-0.2, 0) is 4.79 Å². The summed E-state index contributed by atoms with van der Waals surface area (Å²) in [5.41, 5.74) is 1.08. The lowest BCUT2D eigenvalue weighted by atomic mass is 9.98. The van der Waals surface area contributed by atoms with Crippen molar-refractivity contribution in [1.82, 2.24) is 10.6 Å². The first-order valence-corrected chi connectivity index (χ1v) is 7.02. The maximum Gasteiger partial charge on any atom is 0.237 e. The normalized spacial score (nSPS) is 29.4. The minimum absolute atomic E-state index is 0.0114. The molecule has 0 aliphatic carbocycles. The van der Waals surface area contributed by atoms with Crippen molar-refractivity contribution in [2.75, 3.05) is 6.61 Å². The fourth-order valence-corrected chi connectivity index (χ4v) is 2.90. The third-order valence-corrected chi connectivity index (χ3v) is 3.95. The number of nitrogens with one attached hydrogen (secondary N) is 2. The molecule has 2 aliphatic rings. The molecule has 1 fully saturated rings. The summed E-state index contributed by atoms with van der Waals surface area (Å²) in [6, 6.07) is 8.25. The molecule has 3 rings (SSSR count). The van der Waals surface area contributed by atoms with Crippen LogP contribution in [0.25, 0.3) is 0 Å². The van der Waals surface area contributed by atoms with E-state index < -0.39 is 0 Å². The number of para-hydroxylation sites is 1. The molecule has 1 aromatic carbocycles. The highest BCUT2D eigenvalue weighted by Crippen LogP contribution is 2.31. The highest BCUT2D eigenvalue weighted by atomic mass is 16.5. The Morgan fingerprint density at radius 1 is 1.37 bits per heavy atom. The van der Waals surface area contributed by atoms with Crippen LogP contribution in [-0.4, -0.2) is 24.6 Å². The number of hydrogen-bond donors (Lipinski definition) is 2. The number of carbonyl (C=O) groups excluding carboxylic acids is 1. The first kappa shape index (κ1) is 12.5. The van der Waals surface area contributed by atoms with Crippen molar-refractivity contribution in [2.45, 2.75) is 44.3 Å². The van der Waals surface area contributed by atoms with Crippen LogP contribution in [0.15, 0.2) is 24.3 Å². The molecule has 1 amide bonds. The van der Waals surface area contributed by atoms with Gasteiger partial charge in [0, 0.05) is 11.6 Å². The molecular weight excluding hydrogens is 240 g/mol. The molecule has 3 unspecified atom stereocenters. The fourth-order valence-electron chi connectivity index (χ4n) is 2.90. The van der Waals surface area contributed by atoms with Gasteiger partial charge in [-0.3, -0.25) is 4.79 Å². The molecule has 0 spiro atoms. The van der Waals surface area contributed by atoms with Gasteiger partial charge in [-0.15, -0.1) is 0 Å². The van der Waals surface area contributed by atoms with Gasteiger partial charge in [-0.25, -0.2) is 0 Å². The van der Waals surface area contributed by atoms with Crippen LogP contribution in [0.5, 0.6) is 5.75 Å². The number of carbonyl (C=O) groups is 1. The number of piperidine rings is 1.